The molecule has 2 saturated heterocycles. The largest absolute Gasteiger partial charge is 0.396 e. The van der Waals surface area contributed by atoms with Crippen LogP contribution >= 0.6 is 0 Å². The van der Waals surface area contributed by atoms with E-state index in [1.165, 1.54) is 0 Å². The van der Waals surface area contributed by atoms with E-state index in [1.54, 1.807) is 24.4 Å². The standard InChI is InChI=1S/C23H26F3N5/c1-30-9-6-17(7-10-30)29-13-21-12-22(21,23(24,25)26)15-31(14-21)19-5-4-16(11-27)20-18(19)3-2-8-28-20/h2-5,8,17,29H,6-7,9-10,12-15H2,1H3. The predicted octanol–water partition coefficient (Wildman–Crippen LogP) is 3.55. The fraction of sp³-hybridized carbons (Fsp3) is 0.565. The van der Waals surface area contributed by atoms with E-state index in [2.05, 4.69) is 28.3 Å². The van der Waals surface area contributed by atoms with Crippen molar-refractivity contribution in [1.29, 1.82) is 5.26 Å². The molecule has 2 atom stereocenters. The quantitative estimate of drug-likeness (QED) is 0.806. The van der Waals surface area contributed by atoms with Gasteiger partial charge in [0.1, 0.15) is 6.07 Å². The van der Waals surface area contributed by atoms with Gasteiger partial charge in [-0.25, -0.2) is 0 Å². The summed E-state index contributed by atoms with van der Waals surface area (Å²) in [4.78, 5) is 8.43. The Morgan fingerprint density at radius 1 is 1.23 bits per heavy atom. The number of pyridine rings is 1. The van der Waals surface area contributed by atoms with Crippen molar-refractivity contribution in [1.82, 2.24) is 15.2 Å². The summed E-state index contributed by atoms with van der Waals surface area (Å²) >= 11 is 0. The summed E-state index contributed by atoms with van der Waals surface area (Å²) in [5.41, 5.74) is -0.745. The van der Waals surface area contributed by atoms with Crippen LogP contribution in [0, 0.1) is 22.2 Å². The second-order valence-electron chi connectivity index (χ2n) is 9.50. The number of anilines is 1. The van der Waals surface area contributed by atoms with Crippen LogP contribution in [-0.2, 0) is 0 Å². The van der Waals surface area contributed by atoms with Gasteiger partial charge in [0.15, 0.2) is 0 Å². The maximum Gasteiger partial charge on any atom is 0.396 e. The van der Waals surface area contributed by atoms with Crippen LogP contribution in [0.2, 0.25) is 0 Å². The number of nitriles is 1. The molecular weight excluding hydrogens is 403 g/mol. The van der Waals surface area contributed by atoms with E-state index in [9.17, 15) is 18.4 Å². The molecule has 0 amide bonds. The molecule has 1 saturated carbocycles. The van der Waals surface area contributed by atoms with Crippen molar-refractivity contribution in [3.63, 3.8) is 0 Å². The number of nitrogens with zero attached hydrogens (tertiary/aromatic N) is 4. The first-order chi connectivity index (χ1) is 14.8. The lowest BCUT2D eigenvalue weighted by molar-refractivity contribution is -0.190. The zero-order valence-corrected chi connectivity index (χ0v) is 17.5. The SMILES string of the molecule is CN1CCC(NCC23CN(c4ccc(C#N)c5ncccc45)CC2(C(F)(F)F)C3)CC1. The lowest BCUT2D eigenvalue weighted by atomic mass is 9.94. The average molecular weight is 429 g/mol. The first-order valence-corrected chi connectivity index (χ1v) is 10.8. The van der Waals surface area contributed by atoms with Gasteiger partial charge in [-0.15, -0.1) is 0 Å². The number of rotatable bonds is 4. The van der Waals surface area contributed by atoms with Crippen LogP contribution in [0.3, 0.4) is 0 Å². The van der Waals surface area contributed by atoms with Gasteiger partial charge in [0.05, 0.1) is 16.5 Å². The third kappa shape index (κ3) is 3.17. The fourth-order valence-electron chi connectivity index (χ4n) is 5.74. The number of piperidine rings is 2. The van der Waals surface area contributed by atoms with Gasteiger partial charge in [0.25, 0.3) is 0 Å². The summed E-state index contributed by atoms with van der Waals surface area (Å²) in [6, 6.07) is 9.46. The number of alkyl halides is 3. The minimum Gasteiger partial charge on any atom is -0.369 e. The number of halogens is 3. The molecule has 0 spiro atoms. The van der Waals surface area contributed by atoms with E-state index in [1.807, 2.05) is 11.0 Å². The molecule has 2 aromatic rings. The number of nitrogens with one attached hydrogen (secondary N) is 1. The van der Waals surface area contributed by atoms with Crippen molar-refractivity contribution in [2.75, 3.05) is 44.7 Å². The van der Waals surface area contributed by atoms with E-state index in [0.717, 1.165) is 37.0 Å². The highest BCUT2D eigenvalue weighted by molar-refractivity contribution is 5.95. The van der Waals surface area contributed by atoms with E-state index >= 15 is 0 Å². The Bertz CT molecular complexity index is 1040. The highest BCUT2D eigenvalue weighted by atomic mass is 19.4. The minimum atomic E-state index is -4.24. The molecule has 3 heterocycles. The summed E-state index contributed by atoms with van der Waals surface area (Å²) < 4.78 is 42.8. The third-order valence-electron chi connectivity index (χ3n) is 7.68. The molecule has 5 nitrogen and oxygen atoms in total. The zero-order chi connectivity index (χ0) is 21.9. The highest BCUT2D eigenvalue weighted by Gasteiger charge is 2.82. The summed E-state index contributed by atoms with van der Waals surface area (Å²) in [7, 11) is 2.08. The third-order valence-corrected chi connectivity index (χ3v) is 7.68. The molecule has 5 rings (SSSR count). The van der Waals surface area contributed by atoms with Crippen molar-refractivity contribution in [3.8, 4) is 6.07 Å². The molecule has 3 aliphatic rings. The number of hydrogen-bond acceptors (Lipinski definition) is 5. The van der Waals surface area contributed by atoms with Crippen LogP contribution in [0.25, 0.3) is 10.9 Å². The minimum absolute atomic E-state index is 0.0402. The van der Waals surface area contributed by atoms with E-state index in [-0.39, 0.29) is 19.0 Å². The molecule has 164 valence electrons. The molecule has 1 N–H and O–H groups in total. The molecule has 31 heavy (non-hydrogen) atoms. The van der Waals surface area contributed by atoms with Crippen LogP contribution in [0.4, 0.5) is 18.9 Å². The van der Waals surface area contributed by atoms with Crippen molar-refractivity contribution in [2.45, 2.75) is 31.5 Å². The van der Waals surface area contributed by atoms with E-state index in [0.29, 0.717) is 24.2 Å². The Morgan fingerprint density at radius 3 is 2.71 bits per heavy atom. The Hall–Kier alpha value is -2.37. The van der Waals surface area contributed by atoms with Gasteiger partial charge in [-0.1, -0.05) is 0 Å². The number of benzene rings is 1. The second-order valence-corrected chi connectivity index (χ2v) is 9.50. The number of hydrogen-bond donors (Lipinski definition) is 1. The van der Waals surface area contributed by atoms with Crippen LogP contribution in [-0.4, -0.2) is 61.9 Å². The van der Waals surface area contributed by atoms with E-state index < -0.39 is 17.0 Å². The van der Waals surface area contributed by atoms with Gasteiger partial charge < -0.3 is 15.1 Å². The Morgan fingerprint density at radius 2 is 2.00 bits per heavy atom. The molecule has 1 aliphatic carbocycles. The molecule has 3 fully saturated rings. The summed E-state index contributed by atoms with van der Waals surface area (Å²) in [6.45, 7) is 2.67. The second kappa shape index (κ2) is 7.07. The maximum atomic E-state index is 14.3. The summed E-state index contributed by atoms with van der Waals surface area (Å²) in [6.07, 6.45) is -0.496. The van der Waals surface area contributed by atoms with Crippen molar-refractivity contribution < 1.29 is 13.2 Å². The van der Waals surface area contributed by atoms with Gasteiger partial charge in [0.2, 0.25) is 0 Å². The Labute approximate surface area is 179 Å². The molecule has 0 radical (unpaired) electrons. The van der Waals surface area contributed by atoms with Crippen LogP contribution < -0.4 is 10.2 Å². The van der Waals surface area contributed by atoms with Crippen molar-refractivity contribution in [3.05, 3.63) is 36.0 Å². The monoisotopic (exact) mass is 429 g/mol. The summed E-state index contributed by atoms with van der Waals surface area (Å²) in [5, 5.41) is 13.6. The van der Waals surface area contributed by atoms with Crippen LogP contribution in [0.15, 0.2) is 30.5 Å². The molecule has 0 bridgehead atoms. The molecule has 2 aliphatic heterocycles. The first-order valence-electron chi connectivity index (χ1n) is 10.8. The highest BCUT2D eigenvalue weighted by Crippen LogP contribution is 2.74. The Balaban J connectivity index is 1.42. The average Bonchev–Trinajstić information content (AvgIpc) is 3.28. The Kier molecular flexibility index (Phi) is 4.68. The lowest BCUT2D eigenvalue weighted by Gasteiger charge is -2.31. The number of likely N-dealkylation sites (tertiary alicyclic amines) is 1. The van der Waals surface area contributed by atoms with Crippen LogP contribution in [0.1, 0.15) is 24.8 Å². The van der Waals surface area contributed by atoms with E-state index in [4.69, 9.17) is 0 Å². The maximum absolute atomic E-state index is 14.3. The fourth-order valence-corrected chi connectivity index (χ4v) is 5.74. The first kappa shape index (κ1) is 20.5. The van der Waals surface area contributed by atoms with Gasteiger partial charge in [-0.2, -0.15) is 18.4 Å². The van der Waals surface area contributed by atoms with Gasteiger partial charge in [0, 0.05) is 48.4 Å². The topological polar surface area (TPSA) is 55.2 Å². The van der Waals surface area contributed by atoms with Crippen molar-refractivity contribution in [2.24, 2.45) is 10.8 Å². The van der Waals surface area contributed by atoms with Gasteiger partial charge >= 0.3 is 6.18 Å². The summed E-state index contributed by atoms with van der Waals surface area (Å²) in [5.74, 6) is 0. The number of fused-ring (bicyclic) bond motifs is 2. The predicted molar refractivity (Wildman–Crippen MR) is 113 cm³/mol. The van der Waals surface area contributed by atoms with Gasteiger partial charge in [-0.3, -0.25) is 4.98 Å². The van der Waals surface area contributed by atoms with Gasteiger partial charge in [-0.05, 0) is 63.7 Å². The van der Waals surface area contributed by atoms with Crippen LogP contribution in [0.5, 0.6) is 0 Å². The molecule has 1 aromatic carbocycles. The number of aromatic nitrogens is 1. The smallest absolute Gasteiger partial charge is 0.369 e. The lowest BCUT2D eigenvalue weighted by Crippen LogP contribution is -2.44. The molecule has 1 aromatic heterocycles. The molecule has 8 heteroatoms. The zero-order valence-electron chi connectivity index (χ0n) is 17.5. The van der Waals surface area contributed by atoms with Crippen molar-refractivity contribution >= 4 is 16.6 Å². The molecular formula is C23H26F3N5. The molecule has 2 unspecified atom stereocenters. The normalized spacial score (nSPS) is 29.2.